The molecule has 49 heavy (non-hydrogen) atoms. The maximum atomic E-state index is 14.2. The van der Waals surface area contributed by atoms with E-state index in [1.165, 1.54) is 0 Å². The summed E-state index contributed by atoms with van der Waals surface area (Å²) in [5.41, 5.74) is 0. The second-order valence-corrected chi connectivity index (χ2v) is 12.4. The molecular formula is C27H30F20O2. The molecule has 0 N–H and O–H groups in total. The van der Waals surface area contributed by atoms with Gasteiger partial charge in [0, 0.05) is 0 Å². The summed E-state index contributed by atoms with van der Waals surface area (Å²) >= 11 is 0. The fourth-order valence-electron chi connectivity index (χ4n) is 6.11. The Morgan fingerprint density at radius 2 is 0.898 bits per heavy atom. The van der Waals surface area contributed by atoms with E-state index in [9.17, 15) is 92.6 Å². The van der Waals surface area contributed by atoms with Crippen molar-refractivity contribution in [2.45, 2.75) is 131 Å². The van der Waals surface area contributed by atoms with Gasteiger partial charge in [0.2, 0.25) is 0 Å². The van der Waals surface area contributed by atoms with Crippen LogP contribution in [0, 0.1) is 23.7 Å². The number of halogens is 20. The minimum atomic E-state index is -9.07. The highest BCUT2D eigenvalue weighted by Crippen LogP contribution is 2.65. The third kappa shape index (κ3) is 7.00. The lowest BCUT2D eigenvalue weighted by Gasteiger charge is -2.44. The standard InChI is InChI=1S/C27H30F20O2/c1-2-3-13-4-6-14(7-5-13)15-8-10-16(11-9-15)17(48)49-12-19(30,31)21(34,35)23(38,39)25(42,43)27(46,47)26(44,45)24(40,41)22(36,37)20(32,33)18(28)29/h13-16,18H,2-12H2,1H3/t13-,14-,15-,16-. The van der Waals surface area contributed by atoms with Crippen LogP contribution < -0.4 is 0 Å². The van der Waals surface area contributed by atoms with Gasteiger partial charge < -0.3 is 4.74 Å². The van der Waals surface area contributed by atoms with Gasteiger partial charge in [-0.1, -0.05) is 32.6 Å². The zero-order chi connectivity index (χ0) is 38.4. The van der Waals surface area contributed by atoms with Crippen LogP contribution >= 0.6 is 0 Å². The first-order valence-corrected chi connectivity index (χ1v) is 14.7. The Bertz CT molecular complexity index is 1120. The Labute approximate surface area is 265 Å². The summed E-state index contributed by atoms with van der Waals surface area (Å²) in [4.78, 5) is 12.2. The van der Waals surface area contributed by atoms with Crippen molar-refractivity contribution in [3.05, 3.63) is 0 Å². The molecule has 0 atom stereocenters. The van der Waals surface area contributed by atoms with E-state index < -0.39 is 78.2 Å². The molecule has 2 fully saturated rings. The van der Waals surface area contributed by atoms with Crippen LogP contribution in [-0.4, -0.2) is 72.3 Å². The van der Waals surface area contributed by atoms with Gasteiger partial charge in [-0.05, 0) is 56.3 Å². The van der Waals surface area contributed by atoms with Crippen molar-refractivity contribution in [3.63, 3.8) is 0 Å². The van der Waals surface area contributed by atoms with Crippen molar-refractivity contribution in [3.8, 4) is 0 Å². The summed E-state index contributed by atoms with van der Waals surface area (Å²) in [6.45, 7) is -1.28. The zero-order valence-corrected chi connectivity index (χ0v) is 25.0. The smallest absolute Gasteiger partial charge is 0.385 e. The van der Waals surface area contributed by atoms with Crippen LogP contribution in [-0.2, 0) is 9.53 Å². The first-order valence-electron chi connectivity index (χ1n) is 14.7. The number of hydrogen-bond acceptors (Lipinski definition) is 2. The average molecular weight is 766 g/mol. The minimum absolute atomic E-state index is 0.0621. The van der Waals surface area contributed by atoms with E-state index in [0.29, 0.717) is 18.8 Å². The quantitative estimate of drug-likeness (QED) is 0.123. The number of esters is 1. The average Bonchev–Trinajstić information content (AvgIpc) is 2.99. The van der Waals surface area contributed by atoms with E-state index in [1.807, 2.05) is 6.92 Å². The predicted molar refractivity (Wildman–Crippen MR) is 127 cm³/mol. The molecule has 22 heteroatoms. The van der Waals surface area contributed by atoms with E-state index in [2.05, 4.69) is 4.74 Å². The molecule has 0 bridgehead atoms. The Morgan fingerprint density at radius 1 is 0.551 bits per heavy atom. The second-order valence-electron chi connectivity index (χ2n) is 12.4. The van der Waals surface area contributed by atoms with Gasteiger partial charge in [-0.25, -0.2) is 8.78 Å². The van der Waals surface area contributed by atoms with E-state index in [1.54, 1.807) is 0 Å². The highest BCUT2D eigenvalue weighted by molar-refractivity contribution is 5.72. The monoisotopic (exact) mass is 766 g/mol. The van der Waals surface area contributed by atoms with Crippen LogP contribution in [0.5, 0.6) is 0 Å². The minimum Gasteiger partial charge on any atom is -0.459 e. The van der Waals surface area contributed by atoms with E-state index in [4.69, 9.17) is 0 Å². The fourth-order valence-corrected chi connectivity index (χ4v) is 6.11. The molecule has 2 nitrogen and oxygen atoms in total. The van der Waals surface area contributed by atoms with Crippen molar-refractivity contribution in [2.24, 2.45) is 23.7 Å². The molecule has 0 aromatic carbocycles. The summed E-state index contributed by atoms with van der Waals surface area (Å²) < 4.78 is 276. The topological polar surface area (TPSA) is 26.3 Å². The molecule has 2 aliphatic carbocycles. The molecule has 0 aromatic heterocycles. The zero-order valence-electron chi connectivity index (χ0n) is 25.0. The van der Waals surface area contributed by atoms with Crippen molar-refractivity contribution >= 4 is 5.97 Å². The van der Waals surface area contributed by atoms with Crippen LogP contribution in [0.15, 0.2) is 0 Å². The fraction of sp³-hybridized carbons (Fsp3) is 0.963. The Morgan fingerprint density at radius 3 is 1.27 bits per heavy atom. The summed E-state index contributed by atoms with van der Waals surface area (Å²) in [6.07, 6.45) is -0.0728. The van der Waals surface area contributed by atoms with Gasteiger partial charge in [0.15, 0.2) is 6.61 Å². The SMILES string of the molecule is CCC[C@H]1CC[C@H]([C@H]2CC[C@H](C(=O)OCC(F)(F)C(F)(F)C(F)(F)C(F)(F)C(F)(F)C(F)(F)C(F)(F)C(F)(F)C(F)(F)C(F)F)CC2)CC1. The molecule has 0 saturated heterocycles. The first-order chi connectivity index (χ1) is 21.8. The van der Waals surface area contributed by atoms with Gasteiger partial charge in [0.05, 0.1) is 5.92 Å². The molecule has 0 aromatic rings. The van der Waals surface area contributed by atoms with Crippen LogP contribution in [0.2, 0.25) is 0 Å². The molecule has 2 rings (SSSR count). The van der Waals surface area contributed by atoms with Gasteiger partial charge in [0.1, 0.15) is 0 Å². The molecule has 2 saturated carbocycles. The van der Waals surface area contributed by atoms with Crippen LogP contribution in [0.1, 0.15) is 71.1 Å². The van der Waals surface area contributed by atoms with E-state index in [0.717, 1.165) is 38.5 Å². The number of carbonyl (C=O) groups excluding carboxylic acids is 1. The molecule has 0 spiro atoms. The number of ether oxygens (including phenoxy) is 1. The lowest BCUT2D eigenvalue weighted by Crippen LogP contribution is -2.76. The second kappa shape index (κ2) is 13.9. The molecule has 0 amide bonds. The van der Waals surface area contributed by atoms with Gasteiger partial charge in [-0.3, -0.25) is 4.79 Å². The van der Waals surface area contributed by atoms with Gasteiger partial charge in [0.25, 0.3) is 0 Å². The summed E-state index contributed by atoms with van der Waals surface area (Å²) in [7, 11) is 0. The number of alkyl halides is 20. The Hall–Kier alpha value is -1.93. The van der Waals surface area contributed by atoms with Gasteiger partial charge in [-0.15, -0.1) is 0 Å². The molecule has 0 heterocycles. The van der Waals surface area contributed by atoms with Crippen LogP contribution in [0.3, 0.4) is 0 Å². The van der Waals surface area contributed by atoms with Crippen molar-refractivity contribution in [1.29, 1.82) is 0 Å². The summed E-state index contributed by atoms with van der Waals surface area (Å²) in [6, 6.07) is 0. The normalized spacial score (nSPS) is 24.7. The number of hydrogen-bond donors (Lipinski definition) is 0. The van der Waals surface area contributed by atoms with Gasteiger partial charge >= 0.3 is 65.7 Å². The van der Waals surface area contributed by atoms with Crippen molar-refractivity contribution in [2.75, 3.05) is 6.61 Å². The van der Waals surface area contributed by atoms with Crippen LogP contribution in [0.4, 0.5) is 87.8 Å². The molecule has 0 radical (unpaired) electrons. The summed E-state index contributed by atoms with van der Waals surface area (Å²) in [5, 5.41) is 0. The van der Waals surface area contributed by atoms with Crippen molar-refractivity contribution < 1.29 is 97.3 Å². The largest absolute Gasteiger partial charge is 0.459 e. The maximum absolute atomic E-state index is 14.2. The summed E-state index contributed by atoms with van der Waals surface area (Å²) in [5.74, 6) is -78.0. The molecular weight excluding hydrogens is 736 g/mol. The lowest BCUT2D eigenvalue weighted by atomic mass is 9.69. The van der Waals surface area contributed by atoms with Crippen LogP contribution in [0.25, 0.3) is 0 Å². The number of carbonyl (C=O) groups is 1. The third-order valence-electron chi connectivity index (χ3n) is 9.27. The van der Waals surface area contributed by atoms with E-state index >= 15 is 0 Å². The molecule has 290 valence electrons. The third-order valence-corrected chi connectivity index (χ3v) is 9.27. The molecule has 2 aliphatic rings. The highest BCUT2D eigenvalue weighted by atomic mass is 19.4. The first kappa shape index (κ1) is 43.2. The molecule has 0 aliphatic heterocycles. The predicted octanol–water partition coefficient (Wildman–Crippen LogP) is 10.9. The highest BCUT2D eigenvalue weighted by Gasteiger charge is 2.96. The Kier molecular flexibility index (Phi) is 12.3. The van der Waals surface area contributed by atoms with Crippen molar-refractivity contribution in [1.82, 2.24) is 0 Å². The maximum Gasteiger partial charge on any atom is 0.385 e. The van der Waals surface area contributed by atoms with Gasteiger partial charge in [-0.2, -0.15) is 79.0 Å². The number of rotatable bonds is 15. The lowest BCUT2D eigenvalue weighted by molar-refractivity contribution is -0.465. The Balaban J connectivity index is 2.21. The van der Waals surface area contributed by atoms with E-state index in [-0.39, 0.29) is 24.7 Å². The molecule has 0 unspecified atom stereocenters.